The molecule has 6 aromatic rings. The van der Waals surface area contributed by atoms with E-state index in [0.29, 0.717) is 12.0 Å². The van der Waals surface area contributed by atoms with Crippen molar-refractivity contribution < 1.29 is 17.9 Å². The van der Waals surface area contributed by atoms with Crippen molar-refractivity contribution in [2.75, 3.05) is 26.2 Å². The SMILES string of the molecule is CC(=O)N1C[C@@H](C)N(CCOc2ccc(-c3ccc4cc(-c5cn(C)c(=O)c6c5ccn6S(=O)(=O)c5ccc(C)cc5)ccc4n3)cc2)[C@@H](C)C1. The summed E-state index contributed by atoms with van der Waals surface area (Å²) in [6.45, 7) is 10.6. The predicted molar refractivity (Wildman–Crippen MR) is 200 cm³/mol. The van der Waals surface area contributed by atoms with Crippen LogP contribution < -0.4 is 10.3 Å². The first-order valence-electron chi connectivity index (χ1n) is 17.1. The molecule has 4 heterocycles. The molecule has 0 saturated carbocycles. The van der Waals surface area contributed by atoms with Crippen LogP contribution in [0.15, 0.2) is 107 Å². The summed E-state index contributed by atoms with van der Waals surface area (Å²) in [5.41, 5.74) is 4.84. The summed E-state index contributed by atoms with van der Waals surface area (Å²) in [6, 6.07) is 26.7. The number of pyridine rings is 2. The molecular weight excluding hydrogens is 663 g/mol. The fraction of sp³-hybridized carbons (Fsp3) is 0.275. The Balaban J connectivity index is 1.09. The molecule has 0 bridgehead atoms. The van der Waals surface area contributed by atoms with Gasteiger partial charge in [-0.25, -0.2) is 17.4 Å². The van der Waals surface area contributed by atoms with Crippen molar-refractivity contribution in [2.24, 2.45) is 7.05 Å². The van der Waals surface area contributed by atoms with Gasteiger partial charge in [0.05, 0.1) is 16.1 Å². The summed E-state index contributed by atoms with van der Waals surface area (Å²) in [4.78, 5) is 34.5. The first kappa shape index (κ1) is 34.2. The molecule has 3 aromatic carbocycles. The molecule has 1 aliphatic rings. The molecule has 2 atom stereocenters. The summed E-state index contributed by atoms with van der Waals surface area (Å²) >= 11 is 0. The Bertz CT molecular complexity index is 2420. The van der Waals surface area contributed by atoms with Gasteiger partial charge in [0.2, 0.25) is 5.91 Å². The van der Waals surface area contributed by atoms with Gasteiger partial charge < -0.3 is 14.2 Å². The molecule has 10 nitrogen and oxygen atoms in total. The summed E-state index contributed by atoms with van der Waals surface area (Å²) in [5.74, 6) is 0.913. The summed E-state index contributed by atoms with van der Waals surface area (Å²) in [5, 5.41) is 1.47. The van der Waals surface area contributed by atoms with E-state index in [-0.39, 0.29) is 28.4 Å². The predicted octanol–water partition coefficient (Wildman–Crippen LogP) is 6.09. The monoisotopic (exact) mass is 703 g/mol. The first-order valence-corrected chi connectivity index (χ1v) is 18.5. The number of hydrogen-bond donors (Lipinski definition) is 0. The maximum Gasteiger partial charge on any atom is 0.275 e. The van der Waals surface area contributed by atoms with E-state index in [9.17, 15) is 18.0 Å². The van der Waals surface area contributed by atoms with Crippen LogP contribution in [0.1, 0.15) is 26.3 Å². The minimum atomic E-state index is -3.99. The highest BCUT2D eigenvalue weighted by molar-refractivity contribution is 7.90. The summed E-state index contributed by atoms with van der Waals surface area (Å²) in [7, 11) is -2.36. The molecule has 0 N–H and O–H groups in total. The maximum atomic E-state index is 13.6. The van der Waals surface area contributed by atoms with Crippen LogP contribution in [0.3, 0.4) is 0 Å². The number of rotatable bonds is 8. The number of carbonyl (C=O) groups is 1. The molecule has 51 heavy (non-hydrogen) atoms. The Morgan fingerprint density at radius 3 is 2.27 bits per heavy atom. The molecule has 1 saturated heterocycles. The lowest BCUT2D eigenvalue weighted by Crippen LogP contribution is -2.58. The van der Waals surface area contributed by atoms with E-state index in [1.807, 2.05) is 66.4 Å². The third-order valence-corrected chi connectivity index (χ3v) is 11.6. The Kier molecular flexibility index (Phi) is 9.03. The fourth-order valence-electron chi connectivity index (χ4n) is 7.08. The molecule has 7 rings (SSSR count). The van der Waals surface area contributed by atoms with E-state index < -0.39 is 15.6 Å². The van der Waals surface area contributed by atoms with Crippen molar-refractivity contribution in [1.82, 2.24) is 23.3 Å². The average Bonchev–Trinajstić information content (AvgIpc) is 3.58. The second kappa shape index (κ2) is 13.5. The zero-order valence-electron chi connectivity index (χ0n) is 29.4. The number of carbonyl (C=O) groups excluding carboxylic acids is 1. The van der Waals surface area contributed by atoms with Crippen LogP contribution in [0.4, 0.5) is 0 Å². The van der Waals surface area contributed by atoms with Crippen LogP contribution in [0.5, 0.6) is 5.75 Å². The van der Waals surface area contributed by atoms with Crippen molar-refractivity contribution in [3.05, 3.63) is 113 Å². The van der Waals surface area contributed by atoms with Gasteiger partial charge in [0.15, 0.2) is 0 Å². The molecule has 1 amide bonds. The van der Waals surface area contributed by atoms with Crippen LogP contribution in [-0.4, -0.2) is 76.0 Å². The van der Waals surface area contributed by atoms with Crippen LogP contribution in [-0.2, 0) is 21.9 Å². The Morgan fingerprint density at radius 1 is 0.902 bits per heavy atom. The first-order chi connectivity index (χ1) is 24.4. The van der Waals surface area contributed by atoms with Gasteiger partial charge in [0.25, 0.3) is 15.6 Å². The minimum Gasteiger partial charge on any atom is -0.492 e. The third-order valence-electron chi connectivity index (χ3n) is 9.88. The quantitative estimate of drug-likeness (QED) is 0.189. The summed E-state index contributed by atoms with van der Waals surface area (Å²) < 4.78 is 35.8. The smallest absolute Gasteiger partial charge is 0.275 e. The van der Waals surface area contributed by atoms with Gasteiger partial charge in [-0.05, 0) is 87.0 Å². The average molecular weight is 704 g/mol. The number of ether oxygens (including phenoxy) is 1. The minimum absolute atomic E-state index is 0.105. The normalized spacial score (nSPS) is 16.9. The molecule has 0 spiro atoms. The van der Waals surface area contributed by atoms with Gasteiger partial charge in [-0.2, -0.15) is 0 Å². The highest BCUT2D eigenvalue weighted by Crippen LogP contribution is 2.32. The molecule has 11 heteroatoms. The van der Waals surface area contributed by atoms with Crippen molar-refractivity contribution in [3.63, 3.8) is 0 Å². The van der Waals surface area contributed by atoms with Crippen molar-refractivity contribution in [1.29, 1.82) is 0 Å². The van der Waals surface area contributed by atoms with Gasteiger partial charge in [-0.15, -0.1) is 0 Å². The number of amides is 1. The lowest BCUT2D eigenvalue weighted by molar-refractivity contribution is -0.133. The van der Waals surface area contributed by atoms with E-state index in [2.05, 4.69) is 18.7 Å². The molecule has 0 radical (unpaired) electrons. The summed E-state index contributed by atoms with van der Waals surface area (Å²) in [6.07, 6.45) is 3.20. The van der Waals surface area contributed by atoms with E-state index in [1.54, 1.807) is 50.5 Å². The Hall–Kier alpha value is -5.26. The van der Waals surface area contributed by atoms with Crippen molar-refractivity contribution >= 4 is 37.7 Å². The molecule has 0 aliphatic carbocycles. The lowest BCUT2D eigenvalue weighted by Gasteiger charge is -2.44. The van der Waals surface area contributed by atoms with Crippen molar-refractivity contribution in [2.45, 2.75) is 44.7 Å². The lowest BCUT2D eigenvalue weighted by atomic mass is 10.0. The largest absolute Gasteiger partial charge is 0.492 e. The van der Waals surface area contributed by atoms with Gasteiger partial charge in [0.1, 0.15) is 17.9 Å². The number of aromatic nitrogens is 3. The molecule has 0 unspecified atom stereocenters. The van der Waals surface area contributed by atoms with Gasteiger partial charge >= 0.3 is 0 Å². The Labute approximate surface area is 297 Å². The molecule has 262 valence electrons. The number of benzene rings is 3. The van der Waals surface area contributed by atoms with E-state index in [1.165, 1.54) is 10.8 Å². The van der Waals surface area contributed by atoms with Gasteiger partial charge in [0, 0.05) is 80.0 Å². The number of piperazine rings is 1. The molecule has 1 fully saturated rings. The maximum absolute atomic E-state index is 13.6. The molecular formula is C40H41N5O5S. The van der Waals surface area contributed by atoms with Gasteiger partial charge in [-0.3, -0.25) is 14.5 Å². The second-order valence-electron chi connectivity index (χ2n) is 13.5. The third kappa shape index (κ3) is 6.55. The van der Waals surface area contributed by atoms with E-state index in [4.69, 9.17) is 9.72 Å². The topological polar surface area (TPSA) is 107 Å². The van der Waals surface area contributed by atoms with E-state index >= 15 is 0 Å². The van der Waals surface area contributed by atoms with Crippen LogP contribution in [0.2, 0.25) is 0 Å². The number of fused-ring (bicyclic) bond motifs is 2. The number of nitrogens with zero attached hydrogens (tertiary/aromatic N) is 5. The number of hydrogen-bond acceptors (Lipinski definition) is 7. The highest BCUT2D eigenvalue weighted by Gasteiger charge is 2.30. The zero-order chi connectivity index (χ0) is 36.0. The molecule has 3 aromatic heterocycles. The van der Waals surface area contributed by atoms with Crippen LogP contribution >= 0.6 is 0 Å². The Morgan fingerprint density at radius 2 is 1.59 bits per heavy atom. The van der Waals surface area contributed by atoms with Crippen LogP contribution in [0, 0.1) is 6.92 Å². The van der Waals surface area contributed by atoms with Crippen LogP contribution in [0.25, 0.3) is 44.2 Å². The second-order valence-corrected chi connectivity index (χ2v) is 15.3. The zero-order valence-corrected chi connectivity index (χ0v) is 30.2. The standard InChI is InChI=1S/C40H41N5O5S/c1-26-6-14-34(15-7-26)51(48,49)45-19-18-35-36(25-42(5)40(47)39(35)45)31-10-16-38-32(22-31)11-17-37(41-38)30-8-12-33(13-9-30)50-21-20-44-27(2)23-43(29(4)46)24-28(44)3/h6-19,22,25,27-28H,20-21,23-24H2,1-5H3/t27-,28+. The molecule has 1 aliphatic heterocycles. The highest BCUT2D eigenvalue weighted by atomic mass is 32.2. The van der Waals surface area contributed by atoms with Crippen molar-refractivity contribution in [3.8, 4) is 28.1 Å². The van der Waals surface area contributed by atoms with E-state index in [0.717, 1.165) is 68.2 Å². The number of aryl methyl sites for hydroxylation is 2. The fourth-order valence-corrected chi connectivity index (χ4v) is 8.43. The van der Waals surface area contributed by atoms with Gasteiger partial charge in [-0.1, -0.05) is 29.8 Å².